The molecule has 2 aromatic heterocycles. The number of pyridine rings is 2. The van der Waals surface area contributed by atoms with E-state index in [-0.39, 0.29) is 25.8 Å². The summed E-state index contributed by atoms with van der Waals surface area (Å²) in [4.78, 5) is 19.2. The Morgan fingerprint density at radius 2 is 1.62 bits per heavy atom. The Balaban J connectivity index is 0.000000241. The Morgan fingerprint density at radius 3 is 2.38 bits per heavy atom. The van der Waals surface area contributed by atoms with Gasteiger partial charge in [-0.25, -0.2) is 18.2 Å². The van der Waals surface area contributed by atoms with Gasteiger partial charge < -0.3 is 5.11 Å². The molecule has 0 unspecified atom stereocenters. The first-order valence-electron chi connectivity index (χ1n) is 11.1. The van der Waals surface area contributed by atoms with E-state index in [0.29, 0.717) is 20.9 Å². The first kappa shape index (κ1) is 24.7. The standard InChI is InChI=1S/C23H12NO2S.C6H5NO2.Ir/c25-27(26)21-7-2-1-5-17(21)18-11-10-15(13-22(18)27)20-12-16-9-8-14-4-3-6-19(24-20)23(14)16;8-6(9)5-3-1-2-4-7-5;/h1-9,11-13H;1-4H,(H,8,9);/q-1;;. The predicted octanol–water partition coefficient (Wildman–Crippen LogP) is 5.78. The minimum atomic E-state index is -3.51. The molecule has 0 fully saturated rings. The molecular weight excluding hydrogens is 665 g/mol. The zero-order valence-corrected chi connectivity index (χ0v) is 22.3. The zero-order chi connectivity index (χ0) is 24.9. The van der Waals surface area contributed by atoms with Gasteiger partial charge in [0.05, 0.1) is 10.4 Å². The normalized spacial score (nSPS) is 13.2. The minimum Gasteiger partial charge on any atom is -0.477 e. The molecule has 3 aromatic carbocycles. The molecule has 0 saturated carbocycles. The third kappa shape index (κ3) is 4.19. The number of carboxylic acids is 1. The number of carboxylic acid groups (broad SMARTS) is 1. The molecule has 1 aliphatic heterocycles. The third-order valence-electron chi connectivity index (χ3n) is 6.17. The van der Waals surface area contributed by atoms with Crippen molar-refractivity contribution in [2.24, 2.45) is 0 Å². The molecule has 7 rings (SSSR count). The van der Waals surface area contributed by atoms with Crippen molar-refractivity contribution in [1.29, 1.82) is 0 Å². The van der Waals surface area contributed by atoms with Crippen LogP contribution in [0.1, 0.15) is 21.6 Å². The van der Waals surface area contributed by atoms with Gasteiger partial charge in [-0.1, -0.05) is 60.2 Å². The van der Waals surface area contributed by atoms with E-state index in [4.69, 9.17) is 10.1 Å². The van der Waals surface area contributed by atoms with Crippen molar-refractivity contribution < 1.29 is 38.4 Å². The quantitative estimate of drug-likeness (QED) is 0.233. The van der Waals surface area contributed by atoms with Crippen molar-refractivity contribution in [3.8, 4) is 22.4 Å². The number of aromatic carboxylic acids is 1. The second-order valence-corrected chi connectivity index (χ2v) is 10.2. The number of sulfone groups is 1. The van der Waals surface area contributed by atoms with Crippen molar-refractivity contribution in [3.63, 3.8) is 0 Å². The van der Waals surface area contributed by atoms with E-state index in [1.807, 2.05) is 30.3 Å². The molecule has 8 heteroatoms. The Hall–Kier alpha value is -3.97. The molecule has 2 aliphatic rings. The molecular formula is C29H17IrN2O4S-. The predicted molar refractivity (Wildman–Crippen MR) is 137 cm³/mol. The summed E-state index contributed by atoms with van der Waals surface area (Å²) in [6.07, 6.45) is 5.60. The van der Waals surface area contributed by atoms with Crippen LogP contribution in [0.4, 0.5) is 0 Å². The summed E-state index contributed by atoms with van der Waals surface area (Å²) in [5, 5.41) is 9.46. The second kappa shape index (κ2) is 9.48. The van der Waals surface area contributed by atoms with Crippen molar-refractivity contribution in [3.05, 3.63) is 108 Å². The summed E-state index contributed by atoms with van der Waals surface area (Å²) >= 11 is 0. The van der Waals surface area contributed by atoms with Crippen LogP contribution in [0.15, 0.2) is 94.9 Å². The van der Waals surface area contributed by atoms with E-state index >= 15 is 0 Å². The summed E-state index contributed by atoms with van der Waals surface area (Å²) < 4.78 is 25.9. The number of nitrogens with zero attached hydrogens (tertiary/aromatic N) is 2. The SMILES string of the molecule is O=C(O)c1ccccn1.O=S1(=O)c2ccccc2-c2c[c-]c(-c3cc4c5c(cccc5n3)C=C4)cc21.[Ir]. The van der Waals surface area contributed by atoms with Crippen LogP contribution < -0.4 is 0 Å². The molecule has 1 N–H and O–H groups in total. The Kier molecular flexibility index (Phi) is 6.33. The fourth-order valence-electron chi connectivity index (χ4n) is 4.52. The van der Waals surface area contributed by atoms with Gasteiger partial charge in [0, 0.05) is 31.7 Å². The average Bonchev–Trinajstić information content (AvgIpc) is 3.42. The first-order valence-corrected chi connectivity index (χ1v) is 12.6. The van der Waals surface area contributed by atoms with E-state index in [9.17, 15) is 13.2 Å². The molecule has 37 heavy (non-hydrogen) atoms. The summed E-state index contributed by atoms with van der Waals surface area (Å²) in [7, 11) is -3.51. The summed E-state index contributed by atoms with van der Waals surface area (Å²) in [5.41, 5.74) is 6.13. The minimum absolute atomic E-state index is 0. The van der Waals surface area contributed by atoms with Gasteiger partial charge in [0.15, 0.2) is 9.84 Å². The average molecular weight is 682 g/mol. The van der Waals surface area contributed by atoms with Gasteiger partial charge in [-0.15, -0.1) is 23.8 Å². The van der Waals surface area contributed by atoms with Crippen LogP contribution in [0.25, 0.3) is 45.4 Å². The molecule has 0 atom stereocenters. The van der Waals surface area contributed by atoms with Gasteiger partial charge in [0.2, 0.25) is 0 Å². The maximum absolute atomic E-state index is 13.0. The topological polar surface area (TPSA) is 97.2 Å². The largest absolute Gasteiger partial charge is 0.477 e. The van der Waals surface area contributed by atoms with Crippen molar-refractivity contribution >= 4 is 38.9 Å². The third-order valence-corrected chi connectivity index (χ3v) is 8.02. The van der Waals surface area contributed by atoms with Crippen LogP contribution in [-0.2, 0) is 29.9 Å². The number of carbonyl (C=O) groups is 1. The fraction of sp³-hybridized carbons (Fsp3) is 0. The van der Waals surface area contributed by atoms with E-state index in [2.05, 4.69) is 29.3 Å². The van der Waals surface area contributed by atoms with Crippen LogP contribution in [-0.4, -0.2) is 29.5 Å². The van der Waals surface area contributed by atoms with Crippen LogP contribution in [0.2, 0.25) is 0 Å². The number of aromatic nitrogens is 2. The van der Waals surface area contributed by atoms with Crippen LogP contribution in [0.3, 0.4) is 0 Å². The molecule has 0 bridgehead atoms. The van der Waals surface area contributed by atoms with Crippen LogP contribution in [0.5, 0.6) is 0 Å². The molecule has 1 aliphatic carbocycles. The van der Waals surface area contributed by atoms with Crippen LogP contribution in [0, 0.1) is 6.07 Å². The van der Waals surface area contributed by atoms with E-state index in [1.54, 1.807) is 36.4 Å². The van der Waals surface area contributed by atoms with E-state index in [1.165, 1.54) is 12.3 Å². The molecule has 0 spiro atoms. The smallest absolute Gasteiger partial charge is 0.354 e. The van der Waals surface area contributed by atoms with E-state index < -0.39 is 15.8 Å². The van der Waals surface area contributed by atoms with Crippen molar-refractivity contribution in [2.45, 2.75) is 9.79 Å². The maximum Gasteiger partial charge on any atom is 0.354 e. The summed E-state index contributed by atoms with van der Waals surface area (Å²) in [6.45, 7) is 0. The number of hydrogen-bond donors (Lipinski definition) is 1. The number of fused-ring (bicyclic) bond motifs is 3. The maximum atomic E-state index is 13.0. The van der Waals surface area contributed by atoms with Crippen LogP contribution >= 0.6 is 0 Å². The molecule has 6 nitrogen and oxygen atoms in total. The second-order valence-electron chi connectivity index (χ2n) is 8.32. The van der Waals surface area contributed by atoms with Crippen molar-refractivity contribution in [1.82, 2.24) is 9.97 Å². The van der Waals surface area contributed by atoms with Gasteiger partial charge in [-0.05, 0) is 51.5 Å². The Bertz CT molecular complexity index is 1830. The first-order chi connectivity index (χ1) is 17.4. The summed E-state index contributed by atoms with van der Waals surface area (Å²) in [6, 6.07) is 26.6. The van der Waals surface area contributed by atoms with Gasteiger partial charge in [-0.3, -0.25) is 4.98 Å². The van der Waals surface area contributed by atoms with E-state index in [0.717, 1.165) is 33.3 Å². The number of benzene rings is 3. The zero-order valence-electron chi connectivity index (χ0n) is 19.0. The Labute approximate surface area is 226 Å². The van der Waals surface area contributed by atoms with Gasteiger partial charge in [0.1, 0.15) is 5.69 Å². The molecule has 183 valence electrons. The number of rotatable bonds is 2. The molecule has 5 aromatic rings. The molecule has 0 amide bonds. The molecule has 0 saturated heterocycles. The van der Waals surface area contributed by atoms with Gasteiger partial charge >= 0.3 is 5.97 Å². The Morgan fingerprint density at radius 1 is 0.838 bits per heavy atom. The van der Waals surface area contributed by atoms with Crippen molar-refractivity contribution in [2.75, 3.05) is 0 Å². The molecule has 3 heterocycles. The fourth-order valence-corrected chi connectivity index (χ4v) is 6.21. The number of hydrogen-bond acceptors (Lipinski definition) is 5. The van der Waals surface area contributed by atoms with Gasteiger partial charge in [0.25, 0.3) is 0 Å². The molecule has 1 radical (unpaired) electrons. The van der Waals surface area contributed by atoms with Gasteiger partial charge in [-0.2, -0.15) is 0 Å². The monoisotopic (exact) mass is 682 g/mol. The summed E-state index contributed by atoms with van der Waals surface area (Å²) in [5.74, 6) is -0.990.